The number of carbonyl (C=O) groups is 3. The molecule has 148 valence electrons. The summed E-state index contributed by atoms with van der Waals surface area (Å²) in [5.74, 6) is -0.396. The fraction of sp³-hybridized carbons (Fsp3) is 0.550. The molecule has 1 heterocycles. The van der Waals surface area contributed by atoms with Gasteiger partial charge in [-0.15, -0.1) is 0 Å². The molecule has 0 saturated carbocycles. The van der Waals surface area contributed by atoms with Gasteiger partial charge in [0.05, 0.1) is 5.92 Å². The summed E-state index contributed by atoms with van der Waals surface area (Å²) in [6.07, 6.45) is 1.97. The molecule has 7 nitrogen and oxygen atoms in total. The maximum Gasteiger partial charge on any atom is 0.321 e. The number of rotatable bonds is 7. The maximum atomic E-state index is 12.3. The van der Waals surface area contributed by atoms with E-state index in [-0.39, 0.29) is 30.4 Å². The quantitative estimate of drug-likeness (QED) is 0.717. The van der Waals surface area contributed by atoms with Gasteiger partial charge in [-0.1, -0.05) is 32.0 Å². The van der Waals surface area contributed by atoms with Gasteiger partial charge >= 0.3 is 12.0 Å². The molecule has 1 saturated heterocycles. The van der Waals surface area contributed by atoms with Crippen molar-refractivity contribution in [2.45, 2.75) is 33.1 Å². The highest BCUT2D eigenvalue weighted by molar-refractivity contribution is 5.89. The largest absolute Gasteiger partial charge is 0.455 e. The predicted octanol–water partition coefficient (Wildman–Crippen LogP) is 2.64. The van der Waals surface area contributed by atoms with Gasteiger partial charge in [0.1, 0.15) is 0 Å². The van der Waals surface area contributed by atoms with Crippen LogP contribution in [0.2, 0.25) is 0 Å². The van der Waals surface area contributed by atoms with Crippen LogP contribution in [0.5, 0.6) is 0 Å². The van der Waals surface area contributed by atoms with Gasteiger partial charge in [-0.3, -0.25) is 9.59 Å². The average Bonchev–Trinajstić information content (AvgIpc) is 2.66. The van der Waals surface area contributed by atoms with Crippen molar-refractivity contribution in [3.05, 3.63) is 30.3 Å². The lowest BCUT2D eigenvalue weighted by atomic mass is 9.97. The number of piperidine rings is 1. The van der Waals surface area contributed by atoms with E-state index in [4.69, 9.17) is 4.74 Å². The summed E-state index contributed by atoms with van der Waals surface area (Å²) >= 11 is 0. The highest BCUT2D eigenvalue weighted by atomic mass is 16.5. The zero-order chi connectivity index (χ0) is 19.6. The van der Waals surface area contributed by atoms with Crippen LogP contribution < -0.4 is 10.6 Å². The van der Waals surface area contributed by atoms with Crippen LogP contribution in [0.1, 0.15) is 33.1 Å². The van der Waals surface area contributed by atoms with Crippen molar-refractivity contribution in [2.24, 2.45) is 11.8 Å². The Labute approximate surface area is 160 Å². The number of carbonyl (C=O) groups excluding carboxylic acids is 3. The summed E-state index contributed by atoms with van der Waals surface area (Å²) in [6.45, 7) is 5.48. The number of ether oxygens (including phenoxy) is 1. The number of nitrogens with zero attached hydrogens (tertiary/aromatic N) is 1. The Morgan fingerprint density at radius 1 is 1.15 bits per heavy atom. The van der Waals surface area contributed by atoms with Crippen molar-refractivity contribution in [3.8, 4) is 0 Å². The van der Waals surface area contributed by atoms with E-state index < -0.39 is 0 Å². The van der Waals surface area contributed by atoms with Crippen LogP contribution in [0.3, 0.4) is 0 Å². The van der Waals surface area contributed by atoms with Crippen LogP contribution in [-0.4, -0.2) is 49.0 Å². The van der Waals surface area contributed by atoms with E-state index >= 15 is 0 Å². The smallest absolute Gasteiger partial charge is 0.321 e. The SMILES string of the molecule is CC(C)CCNC(=O)COC(=O)C1CCN(C(=O)Nc2ccccc2)CC1. The molecule has 0 atom stereocenters. The first-order valence-electron chi connectivity index (χ1n) is 9.50. The number of urea groups is 1. The Hall–Kier alpha value is -2.57. The summed E-state index contributed by atoms with van der Waals surface area (Å²) in [5, 5.41) is 5.58. The Kier molecular flexibility index (Phi) is 8.10. The fourth-order valence-electron chi connectivity index (χ4n) is 2.85. The van der Waals surface area contributed by atoms with Crippen LogP contribution in [0, 0.1) is 11.8 Å². The van der Waals surface area contributed by atoms with Gasteiger partial charge in [0, 0.05) is 25.3 Å². The molecule has 7 heteroatoms. The molecule has 1 aliphatic rings. The van der Waals surface area contributed by atoms with Crippen molar-refractivity contribution in [1.29, 1.82) is 0 Å². The first kappa shape index (κ1) is 20.7. The van der Waals surface area contributed by atoms with Crippen molar-refractivity contribution in [1.82, 2.24) is 10.2 Å². The highest BCUT2D eigenvalue weighted by Gasteiger charge is 2.28. The van der Waals surface area contributed by atoms with Crippen molar-refractivity contribution < 1.29 is 19.1 Å². The molecule has 2 rings (SSSR count). The number of likely N-dealkylation sites (tertiary alicyclic amines) is 1. The molecule has 0 bridgehead atoms. The van der Waals surface area contributed by atoms with Gasteiger partial charge in [0.25, 0.3) is 5.91 Å². The van der Waals surface area contributed by atoms with Crippen molar-refractivity contribution in [3.63, 3.8) is 0 Å². The topological polar surface area (TPSA) is 87.7 Å². The highest BCUT2D eigenvalue weighted by Crippen LogP contribution is 2.19. The van der Waals surface area contributed by atoms with Gasteiger partial charge in [-0.2, -0.15) is 0 Å². The molecule has 0 radical (unpaired) electrons. The minimum atomic E-state index is -0.364. The molecule has 3 amide bonds. The molecular formula is C20H29N3O4. The Morgan fingerprint density at radius 3 is 2.44 bits per heavy atom. The monoisotopic (exact) mass is 375 g/mol. The van der Waals surface area contributed by atoms with Crippen LogP contribution in [0.4, 0.5) is 10.5 Å². The Bertz CT molecular complexity index is 625. The summed E-state index contributed by atoms with van der Waals surface area (Å²) in [4.78, 5) is 37.8. The van der Waals surface area contributed by atoms with Gasteiger partial charge in [0.15, 0.2) is 6.61 Å². The minimum absolute atomic E-state index is 0.169. The molecule has 0 unspecified atom stereocenters. The average molecular weight is 375 g/mol. The lowest BCUT2D eigenvalue weighted by molar-refractivity contribution is -0.153. The van der Waals surface area contributed by atoms with Crippen LogP contribution in [-0.2, 0) is 14.3 Å². The lowest BCUT2D eigenvalue weighted by Crippen LogP contribution is -2.43. The molecule has 1 aromatic rings. The zero-order valence-electron chi connectivity index (χ0n) is 16.1. The lowest BCUT2D eigenvalue weighted by Gasteiger charge is -2.30. The second-order valence-corrected chi connectivity index (χ2v) is 7.20. The molecule has 0 aliphatic carbocycles. The van der Waals surface area contributed by atoms with E-state index in [1.54, 1.807) is 4.90 Å². The molecule has 0 spiro atoms. The fourth-order valence-corrected chi connectivity index (χ4v) is 2.85. The van der Waals surface area contributed by atoms with E-state index in [9.17, 15) is 14.4 Å². The number of anilines is 1. The second-order valence-electron chi connectivity index (χ2n) is 7.20. The van der Waals surface area contributed by atoms with Gasteiger partial charge in [-0.05, 0) is 37.3 Å². The van der Waals surface area contributed by atoms with Gasteiger partial charge in [0.2, 0.25) is 0 Å². The number of hydrogen-bond donors (Lipinski definition) is 2. The number of para-hydroxylation sites is 1. The molecule has 1 fully saturated rings. The molecule has 0 aromatic heterocycles. The summed E-state index contributed by atoms with van der Waals surface area (Å²) in [6, 6.07) is 9.09. The van der Waals surface area contributed by atoms with Crippen LogP contribution in [0.25, 0.3) is 0 Å². The first-order valence-corrected chi connectivity index (χ1v) is 9.50. The van der Waals surface area contributed by atoms with E-state index in [2.05, 4.69) is 24.5 Å². The molecule has 2 N–H and O–H groups in total. The standard InChI is InChI=1S/C20H29N3O4/c1-15(2)8-11-21-18(24)14-27-19(25)16-9-12-23(13-10-16)20(26)22-17-6-4-3-5-7-17/h3-7,15-16H,8-14H2,1-2H3,(H,21,24)(H,22,26). The van der Waals surface area contributed by atoms with E-state index in [1.807, 2.05) is 30.3 Å². The van der Waals surface area contributed by atoms with Crippen LogP contribution in [0.15, 0.2) is 30.3 Å². The number of benzene rings is 1. The molecule has 1 aliphatic heterocycles. The normalized spacial score (nSPS) is 14.7. The van der Waals surface area contributed by atoms with Gasteiger partial charge in [-0.25, -0.2) is 4.79 Å². The number of esters is 1. The molecular weight excluding hydrogens is 346 g/mol. The van der Waals surface area contributed by atoms with Gasteiger partial charge < -0.3 is 20.3 Å². The van der Waals surface area contributed by atoms with Crippen molar-refractivity contribution in [2.75, 3.05) is 31.6 Å². The van der Waals surface area contributed by atoms with E-state index in [0.717, 1.165) is 12.1 Å². The number of hydrogen-bond acceptors (Lipinski definition) is 4. The summed E-state index contributed by atoms with van der Waals surface area (Å²) < 4.78 is 5.12. The Balaban J connectivity index is 1.66. The number of amides is 3. The van der Waals surface area contributed by atoms with Crippen LogP contribution >= 0.6 is 0 Å². The maximum absolute atomic E-state index is 12.3. The Morgan fingerprint density at radius 2 is 1.81 bits per heavy atom. The third-order valence-corrected chi connectivity index (χ3v) is 4.53. The third-order valence-electron chi connectivity index (χ3n) is 4.53. The minimum Gasteiger partial charge on any atom is -0.455 e. The summed E-state index contributed by atoms with van der Waals surface area (Å²) in [5.41, 5.74) is 0.743. The molecule has 27 heavy (non-hydrogen) atoms. The molecule has 1 aromatic carbocycles. The van der Waals surface area contributed by atoms with Crippen molar-refractivity contribution >= 4 is 23.6 Å². The first-order chi connectivity index (χ1) is 13.0. The number of nitrogens with one attached hydrogen (secondary N) is 2. The van der Waals surface area contributed by atoms with E-state index in [0.29, 0.717) is 38.4 Å². The summed E-state index contributed by atoms with van der Waals surface area (Å²) in [7, 11) is 0. The third kappa shape index (κ3) is 7.29. The second kappa shape index (κ2) is 10.5. The van der Waals surface area contributed by atoms with E-state index in [1.165, 1.54) is 0 Å². The predicted molar refractivity (Wildman–Crippen MR) is 103 cm³/mol. The zero-order valence-corrected chi connectivity index (χ0v) is 16.1.